The summed E-state index contributed by atoms with van der Waals surface area (Å²) < 4.78 is 0. The van der Waals surface area contributed by atoms with Crippen molar-refractivity contribution in [3.05, 3.63) is 84.2 Å². The summed E-state index contributed by atoms with van der Waals surface area (Å²) in [4.78, 5) is 19.1. The molecule has 26 heavy (non-hydrogen) atoms. The van der Waals surface area contributed by atoms with Crippen LogP contribution in [-0.2, 0) is 6.42 Å². The highest BCUT2D eigenvalue weighted by atomic mass is 16.1. The molecule has 0 unspecified atom stereocenters. The van der Waals surface area contributed by atoms with Gasteiger partial charge in [-0.25, -0.2) is 0 Å². The third-order valence-corrected chi connectivity index (χ3v) is 4.33. The average Bonchev–Trinajstić information content (AvgIpc) is 2.70. The second-order valence-corrected chi connectivity index (χ2v) is 5.98. The van der Waals surface area contributed by atoms with Crippen molar-refractivity contribution in [3.63, 3.8) is 0 Å². The molecule has 0 radical (unpaired) electrons. The zero-order chi connectivity index (χ0) is 18.4. The van der Waals surface area contributed by atoms with Gasteiger partial charge in [-0.15, -0.1) is 0 Å². The lowest BCUT2D eigenvalue weighted by atomic mass is 10.1. The van der Waals surface area contributed by atoms with Crippen molar-refractivity contribution < 1.29 is 4.79 Å². The van der Waals surface area contributed by atoms with E-state index in [-0.39, 0.29) is 5.91 Å². The molecule has 132 valence electrons. The molecule has 1 N–H and O–H groups in total. The molecule has 1 heterocycles. The van der Waals surface area contributed by atoms with Crippen LogP contribution < -0.4 is 10.2 Å². The first-order valence-electron chi connectivity index (χ1n) is 8.89. The SMILES string of the molecule is CCc1ccccc1NC(=O)c1cncc(N(CC)c2ccccc2)c1. The number of anilines is 3. The molecule has 4 nitrogen and oxygen atoms in total. The summed E-state index contributed by atoms with van der Waals surface area (Å²) in [5.41, 5.74) is 4.48. The molecule has 3 rings (SSSR count). The van der Waals surface area contributed by atoms with Crippen LogP contribution in [0.5, 0.6) is 0 Å². The molecular formula is C22H23N3O. The van der Waals surface area contributed by atoms with Crippen LogP contribution in [-0.4, -0.2) is 17.4 Å². The third kappa shape index (κ3) is 3.91. The van der Waals surface area contributed by atoms with Crippen molar-refractivity contribution in [3.8, 4) is 0 Å². The van der Waals surface area contributed by atoms with E-state index in [1.807, 2.05) is 60.7 Å². The molecule has 4 heteroatoms. The van der Waals surface area contributed by atoms with Gasteiger partial charge in [0.25, 0.3) is 5.91 Å². The lowest BCUT2D eigenvalue weighted by Crippen LogP contribution is -2.18. The van der Waals surface area contributed by atoms with Crippen molar-refractivity contribution in [2.24, 2.45) is 0 Å². The Morgan fingerprint density at radius 3 is 2.42 bits per heavy atom. The number of nitrogens with one attached hydrogen (secondary N) is 1. The molecule has 3 aromatic rings. The van der Waals surface area contributed by atoms with Gasteiger partial charge >= 0.3 is 0 Å². The Kier molecular flexibility index (Phi) is 5.64. The predicted molar refractivity (Wildman–Crippen MR) is 107 cm³/mol. The molecule has 0 saturated carbocycles. The number of benzene rings is 2. The molecule has 2 aromatic carbocycles. The number of para-hydroxylation sites is 2. The van der Waals surface area contributed by atoms with Gasteiger partial charge in [-0.3, -0.25) is 9.78 Å². The fourth-order valence-electron chi connectivity index (χ4n) is 2.97. The maximum atomic E-state index is 12.7. The summed E-state index contributed by atoms with van der Waals surface area (Å²) in [7, 11) is 0. The van der Waals surface area contributed by atoms with Gasteiger partial charge in [0.15, 0.2) is 0 Å². The molecule has 0 aliphatic carbocycles. The van der Waals surface area contributed by atoms with Gasteiger partial charge in [-0.05, 0) is 43.2 Å². The highest BCUT2D eigenvalue weighted by molar-refractivity contribution is 6.05. The van der Waals surface area contributed by atoms with E-state index in [2.05, 4.69) is 29.0 Å². The Labute approximate surface area is 154 Å². The maximum absolute atomic E-state index is 12.7. The third-order valence-electron chi connectivity index (χ3n) is 4.33. The quantitative estimate of drug-likeness (QED) is 0.679. The largest absolute Gasteiger partial charge is 0.340 e. The van der Waals surface area contributed by atoms with E-state index in [0.717, 1.165) is 35.6 Å². The summed E-state index contributed by atoms with van der Waals surface area (Å²) in [6.45, 7) is 4.94. The standard InChI is InChI=1S/C22H23N3O/c1-3-17-10-8-9-13-21(17)24-22(26)18-14-20(16-23-15-18)25(4-2)19-11-6-5-7-12-19/h5-16H,3-4H2,1-2H3,(H,24,26). The van der Waals surface area contributed by atoms with Gasteiger partial charge in [0, 0.05) is 24.1 Å². The topological polar surface area (TPSA) is 45.2 Å². The highest BCUT2D eigenvalue weighted by Gasteiger charge is 2.13. The fraction of sp³-hybridized carbons (Fsp3) is 0.182. The number of carbonyl (C=O) groups excluding carboxylic acids is 1. The van der Waals surface area contributed by atoms with Gasteiger partial charge in [0.2, 0.25) is 0 Å². The van der Waals surface area contributed by atoms with E-state index in [0.29, 0.717) is 5.56 Å². The van der Waals surface area contributed by atoms with E-state index >= 15 is 0 Å². The van der Waals surface area contributed by atoms with Gasteiger partial charge in [0.1, 0.15) is 0 Å². The minimum absolute atomic E-state index is 0.149. The first kappa shape index (κ1) is 17.7. The molecule has 1 aromatic heterocycles. The predicted octanol–water partition coefficient (Wildman–Crippen LogP) is 5.05. The number of hydrogen-bond acceptors (Lipinski definition) is 3. The zero-order valence-corrected chi connectivity index (χ0v) is 15.1. The lowest BCUT2D eigenvalue weighted by Gasteiger charge is -2.23. The molecule has 0 atom stereocenters. The average molecular weight is 345 g/mol. The van der Waals surface area contributed by atoms with E-state index in [9.17, 15) is 4.79 Å². The Morgan fingerprint density at radius 1 is 0.962 bits per heavy atom. The molecule has 0 spiro atoms. The fourth-order valence-corrected chi connectivity index (χ4v) is 2.97. The number of aromatic nitrogens is 1. The number of aryl methyl sites for hydroxylation is 1. The van der Waals surface area contributed by atoms with E-state index < -0.39 is 0 Å². The van der Waals surface area contributed by atoms with Crippen molar-refractivity contribution in [1.82, 2.24) is 4.98 Å². The summed E-state index contributed by atoms with van der Waals surface area (Å²) in [6, 6.07) is 19.8. The van der Waals surface area contributed by atoms with Crippen LogP contribution in [0.1, 0.15) is 29.8 Å². The van der Waals surface area contributed by atoms with Crippen LogP contribution in [0.25, 0.3) is 0 Å². The number of pyridine rings is 1. The summed E-state index contributed by atoms with van der Waals surface area (Å²) in [6.07, 6.45) is 4.26. The van der Waals surface area contributed by atoms with Crippen LogP contribution >= 0.6 is 0 Å². The van der Waals surface area contributed by atoms with Crippen LogP contribution in [0.3, 0.4) is 0 Å². The summed E-state index contributed by atoms with van der Waals surface area (Å²) in [5, 5.41) is 3.00. The first-order chi connectivity index (χ1) is 12.7. The van der Waals surface area contributed by atoms with E-state index in [4.69, 9.17) is 0 Å². The number of amides is 1. The monoisotopic (exact) mass is 345 g/mol. The lowest BCUT2D eigenvalue weighted by molar-refractivity contribution is 0.102. The molecule has 0 aliphatic rings. The maximum Gasteiger partial charge on any atom is 0.257 e. The Bertz CT molecular complexity index is 877. The summed E-state index contributed by atoms with van der Waals surface area (Å²) in [5.74, 6) is -0.149. The van der Waals surface area contributed by atoms with Crippen LogP contribution in [0.2, 0.25) is 0 Å². The molecule has 0 bridgehead atoms. The Hall–Kier alpha value is -3.14. The van der Waals surface area contributed by atoms with Gasteiger partial charge < -0.3 is 10.2 Å². The van der Waals surface area contributed by atoms with Crippen molar-refractivity contribution >= 4 is 23.0 Å². The number of carbonyl (C=O) groups is 1. The molecule has 0 aliphatic heterocycles. The van der Waals surface area contributed by atoms with Crippen molar-refractivity contribution in [1.29, 1.82) is 0 Å². The minimum Gasteiger partial charge on any atom is -0.340 e. The second kappa shape index (κ2) is 8.30. The number of hydrogen-bond donors (Lipinski definition) is 1. The molecule has 0 fully saturated rings. The van der Waals surface area contributed by atoms with Gasteiger partial charge in [-0.1, -0.05) is 43.3 Å². The minimum atomic E-state index is -0.149. The molecular weight excluding hydrogens is 322 g/mol. The van der Waals surface area contributed by atoms with Gasteiger partial charge in [0.05, 0.1) is 17.4 Å². The highest BCUT2D eigenvalue weighted by Crippen LogP contribution is 2.25. The van der Waals surface area contributed by atoms with Gasteiger partial charge in [-0.2, -0.15) is 0 Å². The summed E-state index contributed by atoms with van der Waals surface area (Å²) >= 11 is 0. The Balaban J connectivity index is 1.85. The second-order valence-electron chi connectivity index (χ2n) is 5.98. The molecule has 1 amide bonds. The van der Waals surface area contributed by atoms with E-state index in [1.54, 1.807) is 12.4 Å². The van der Waals surface area contributed by atoms with Crippen LogP contribution in [0.15, 0.2) is 73.1 Å². The smallest absolute Gasteiger partial charge is 0.257 e. The van der Waals surface area contributed by atoms with Crippen molar-refractivity contribution in [2.45, 2.75) is 20.3 Å². The van der Waals surface area contributed by atoms with Crippen LogP contribution in [0, 0.1) is 0 Å². The Morgan fingerprint density at radius 2 is 1.69 bits per heavy atom. The zero-order valence-electron chi connectivity index (χ0n) is 15.1. The first-order valence-corrected chi connectivity index (χ1v) is 8.89. The van der Waals surface area contributed by atoms with Crippen molar-refractivity contribution in [2.75, 3.05) is 16.8 Å². The number of nitrogens with zero attached hydrogens (tertiary/aromatic N) is 2. The normalized spacial score (nSPS) is 10.4. The number of rotatable bonds is 6. The van der Waals surface area contributed by atoms with Crippen LogP contribution in [0.4, 0.5) is 17.1 Å². The molecule has 0 saturated heterocycles. The van der Waals surface area contributed by atoms with E-state index in [1.165, 1.54) is 0 Å².